The molecule has 1 aliphatic heterocycles. The van der Waals surface area contributed by atoms with Gasteiger partial charge in [0.2, 0.25) is 0 Å². The van der Waals surface area contributed by atoms with Gasteiger partial charge in [0.15, 0.2) is 0 Å². The summed E-state index contributed by atoms with van der Waals surface area (Å²) in [7, 11) is 0. The second-order valence-electron chi connectivity index (χ2n) is 8.38. The minimum absolute atomic E-state index is 0.839. The molecule has 3 aromatic carbocycles. The third-order valence-corrected chi connectivity index (χ3v) is 6.37. The number of rotatable bonds is 1. The van der Waals surface area contributed by atoms with Gasteiger partial charge in [0.1, 0.15) is 0 Å². The van der Waals surface area contributed by atoms with Gasteiger partial charge >= 0.3 is 0 Å². The Balaban J connectivity index is 0.000000265. The second kappa shape index (κ2) is 9.15. The first-order chi connectivity index (χ1) is 15.8. The number of hydrogen-bond acceptors (Lipinski definition) is 2. The topological polar surface area (TPSA) is 38.0 Å². The number of anilines is 1. The van der Waals surface area contributed by atoms with Crippen molar-refractivity contribution in [2.24, 2.45) is 0 Å². The molecule has 0 atom stereocenters. The SMILES string of the molecule is C1=CC=CNC=C1.Nc1cccc(C2=Cc3ccc4c(c3CC2)CCc2ccccc2-4)c1. The van der Waals surface area contributed by atoms with E-state index >= 15 is 0 Å². The Labute approximate surface area is 190 Å². The van der Waals surface area contributed by atoms with E-state index in [2.05, 4.69) is 59.9 Å². The average molecular weight is 417 g/mol. The third-order valence-electron chi connectivity index (χ3n) is 6.37. The van der Waals surface area contributed by atoms with Gasteiger partial charge in [-0.15, -0.1) is 0 Å². The van der Waals surface area contributed by atoms with Crippen LogP contribution in [0.1, 0.15) is 34.2 Å². The molecule has 0 amide bonds. The van der Waals surface area contributed by atoms with Crippen LogP contribution in [0, 0.1) is 0 Å². The lowest BCUT2D eigenvalue weighted by molar-refractivity contribution is 0.892. The monoisotopic (exact) mass is 416 g/mol. The van der Waals surface area contributed by atoms with Gasteiger partial charge in [-0.3, -0.25) is 0 Å². The summed E-state index contributed by atoms with van der Waals surface area (Å²) in [5.74, 6) is 0. The largest absolute Gasteiger partial charge is 0.399 e. The molecule has 0 fully saturated rings. The van der Waals surface area contributed by atoms with E-state index in [-0.39, 0.29) is 0 Å². The van der Waals surface area contributed by atoms with Crippen LogP contribution in [0.5, 0.6) is 0 Å². The second-order valence-corrected chi connectivity index (χ2v) is 8.38. The molecule has 3 N–H and O–H groups in total. The first-order valence-corrected chi connectivity index (χ1v) is 11.3. The standard InChI is InChI=1S/C24H21N.C6H7N/c25-20-6-3-5-17(15-20)18-9-11-22-19(14-18)10-13-23-21-7-2-1-4-16(21)8-12-24(22)23;1-2-4-6-7-5-3-1/h1-7,10,13-15H,8-9,11-12,25H2;1-7H. The molecule has 6 rings (SSSR count). The Morgan fingerprint density at radius 3 is 2.31 bits per heavy atom. The van der Waals surface area contributed by atoms with Crippen LogP contribution in [0.2, 0.25) is 0 Å². The molecular weight excluding hydrogens is 388 g/mol. The van der Waals surface area contributed by atoms with E-state index < -0.39 is 0 Å². The molecule has 2 nitrogen and oxygen atoms in total. The highest BCUT2D eigenvalue weighted by Crippen LogP contribution is 2.40. The maximum absolute atomic E-state index is 5.97. The molecule has 0 spiro atoms. The number of nitrogens with one attached hydrogen (secondary N) is 1. The Bertz CT molecular complexity index is 1240. The number of hydrogen-bond donors (Lipinski definition) is 2. The van der Waals surface area contributed by atoms with Gasteiger partial charge in [-0.25, -0.2) is 0 Å². The Kier molecular flexibility index (Phi) is 5.76. The molecule has 3 aromatic rings. The molecule has 0 aromatic heterocycles. The fourth-order valence-electron chi connectivity index (χ4n) is 4.83. The molecule has 32 heavy (non-hydrogen) atoms. The summed E-state index contributed by atoms with van der Waals surface area (Å²) in [6, 6.07) is 21.7. The van der Waals surface area contributed by atoms with Gasteiger partial charge in [-0.1, -0.05) is 66.8 Å². The molecule has 0 unspecified atom stereocenters. The van der Waals surface area contributed by atoms with Gasteiger partial charge in [-0.2, -0.15) is 0 Å². The molecule has 1 heterocycles. The first-order valence-electron chi connectivity index (χ1n) is 11.3. The van der Waals surface area contributed by atoms with Crippen LogP contribution in [-0.4, -0.2) is 0 Å². The lowest BCUT2D eigenvalue weighted by Gasteiger charge is -2.26. The van der Waals surface area contributed by atoms with Crippen LogP contribution < -0.4 is 11.1 Å². The molecule has 3 aliphatic rings. The Morgan fingerprint density at radius 2 is 1.47 bits per heavy atom. The summed E-state index contributed by atoms with van der Waals surface area (Å²) < 4.78 is 0. The molecule has 2 heteroatoms. The van der Waals surface area contributed by atoms with Crippen LogP contribution in [0.15, 0.2) is 97.4 Å². The number of aryl methyl sites for hydroxylation is 1. The smallest absolute Gasteiger partial charge is 0.0320 e. The lowest BCUT2D eigenvalue weighted by Crippen LogP contribution is -2.10. The zero-order valence-electron chi connectivity index (χ0n) is 18.2. The van der Waals surface area contributed by atoms with Crippen molar-refractivity contribution in [3.05, 3.63) is 125 Å². The summed E-state index contributed by atoms with van der Waals surface area (Å²) in [4.78, 5) is 0. The highest BCUT2D eigenvalue weighted by Gasteiger charge is 2.22. The van der Waals surface area contributed by atoms with E-state index in [9.17, 15) is 0 Å². The van der Waals surface area contributed by atoms with Crippen molar-refractivity contribution >= 4 is 17.3 Å². The van der Waals surface area contributed by atoms with E-state index in [0.29, 0.717) is 0 Å². The normalized spacial score (nSPS) is 15.2. The van der Waals surface area contributed by atoms with Crippen molar-refractivity contribution in [1.82, 2.24) is 5.32 Å². The van der Waals surface area contributed by atoms with Gasteiger partial charge in [0.05, 0.1) is 0 Å². The van der Waals surface area contributed by atoms with Gasteiger partial charge < -0.3 is 11.1 Å². The van der Waals surface area contributed by atoms with E-state index in [0.717, 1.165) is 31.4 Å². The van der Waals surface area contributed by atoms with Crippen molar-refractivity contribution in [2.75, 3.05) is 5.73 Å². The predicted molar refractivity (Wildman–Crippen MR) is 137 cm³/mol. The molecule has 0 saturated heterocycles. The van der Waals surface area contributed by atoms with E-state index in [4.69, 9.17) is 5.73 Å². The Morgan fingerprint density at radius 1 is 0.656 bits per heavy atom. The van der Waals surface area contributed by atoms with Crippen LogP contribution in [0.25, 0.3) is 22.8 Å². The molecule has 0 radical (unpaired) electrons. The average Bonchev–Trinajstić information content (AvgIpc) is 3.17. The summed E-state index contributed by atoms with van der Waals surface area (Å²) in [6.45, 7) is 0. The van der Waals surface area contributed by atoms with Crippen molar-refractivity contribution in [3.63, 3.8) is 0 Å². The summed E-state index contributed by atoms with van der Waals surface area (Å²) in [5.41, 5.74) is 18.3. The van der Waals surface area contributed by atoms with Gasteiger partial charge in [0, 0.05) is 18.1 Å². The van der Waals surface area contributed by atoms with E-state index in [1.165, 1.54) is 33.4 Å². The first kappa shape index (κ1) is 20.1. The van der Waals surface area contributed by atoms with Crippen LogP contribution in [0.4, 0.5) is 5.69 Å². The summed E-state index contributed by atoms with van der Waals surface area (Å²) >= 11 is 0. The number of nitrogens with two attached hydrogens (primary N) is 1. The highest BCUT2D eigenvalue weighted by molar-refractivity contribution is 5.87. The van der Waals surface area contributed by atoms with Crippen molar-refractivity contribution in [2.45, 2.75) is 25.7 Å². The lowest BCUT2D eigenvalue weighted by atomic mass is 9.78. The van der Waals surface area contributed by atoms with E-state index in [1.807, 2.05) is 48.8 Å². The van der Waals surface area contributed by atoms with Crippen LogP contribution in [0.3, 0.4) is 0 Å². The number of benzene rings is 3. The highest BCUT2D eigenvalue weighted by atomic mass is 14.8. The maximum Gasteiger partial charge on any atom is 0.0320 e. The molecular formula is C30H28N2. The van der Waals surface area contributed by atoms with E-state index in [1.54, 1.807) is 11.1 Å². The van der Waals surface area contributed by atoms with Gasteiger partial charge in [-0.05, 0) is 94.5 Å². The molecule has 0 bridgehead atoms. The summed E-state index contributed by atoms with van der Waals surface area (Å²) in [5, 5.41) is 2.92. The van der Waals surface area contributed by atoms with Gasteiger partial charge in [0.25, 0.3) is 0 Å². The molecule has 0 saturated carbocycles. The number of fused-ring (bicyclic) bond motifs is 5. The molecule has 2 aliphatic carbocycles. The number of nitrogen functional groups attached to an aromatic ring is 1. The fraction of sp³-hybridized carbons (Fsp3) is 0.133. The zero-order chi connectivity index (χ0) is 21.8. The fourth-order valence-corrected chi connectivity index (χ4v) is 4.83. The Hall–Kier alpha value is -3.78. The van der Waals surface area contributed by atoms with Crippen molar-refractivity contribution in [1.29, 1.82) is 0 Å². The molecule has 158 valence electrons. The maximum atomic E-state index is 5.97. The quantitative estimate of drug-likeness (QED) is 0.434. The van der Waals surface area contributed by atoms with Crippen molar-refractivity contribution in [3.8, 4) is 11.1 Å². The number of allylic oxidation sites excluding steroid dienone is 5. The minimum atomic E-state index is 0.839. The minimum Gasteiger partial charge on any atom is -0.399 e. The van der Waals surface area contributed by atoms with Crippen LogP contribution in [-0.2, 0) is 19.3 Å². The van der Waals surface area contributed by atoms with Crippen molar-refractivity contribution < 1.29 is 0 Å². The summed E-state index contributed by atoms with van der Waals surface area (Å²) in [6.07, 6.45) is 18.5. The third kappa shape index (κ3) is 4.17. The zero-order valence-corrected chi connectivity index (χ0v) is 18.2. The predicted octanol–water partition coefficient (Wildman–Crippen LogP) is 6.69. The van der Waals surface area contributed by atoms with Crippen LogP contribution >= 0.6 is 0 Å².